The zero-order chi connectivity index (χ0) is 14.7. The molecule has 0 bridgehead atoms. The normalized spacial score (nSPS) is 14.6. The van der Waals surface area contributed by atoms with E-state index >= 15 is 0 Å². The lowest BCUT2D eigenvalue weighted by molar-refractivity contribution is 0.527. The van der Waals surface area contributed by atoms with Crippen molar-refractivity contribution in [1.82, 2.24) is 15.1 Å². The summed E-state index contributed by atoms with van der Waals surface area (Å²) >= 11 is 12.9. The summed E-state index contributed by atoms with van der Waals surface area (Å²) in [7, 11) is 0. The molecule has 2 aromatic rings. The Hall–Kier alpha value is -1.11. The molecule has 21 heavy (non-hydrogen) atoms. The number of likely N-dealkylation sites (tertiary alicyclic amines) is 1. The average Bonchev–Trinajstić information content (AvgIpc) is 3.17. The Bertz CT molecular complexity index is 623. The fourth-order valence-electron chi connectivity index (χ4n) is 2.14. The van der Waals surface area contributed by atoms with E-state index in [-0.39, 0.29) is 0 Å². The lowest BCUT2D eigenvalue weighted by Crippen LogP contribution is -2.23. The molecule has 1 saturated heterocycles. The molecule has 0 spiro atoms. The standard InChI is InChI=1S/C14H14ClN3OS2/c15-11-5-3-10(4-6-11)13-17-16-12(19-13)9-21-14(20)18-7-1-2-8-18/h3-6H,1-2,7-9H2. The molecule has 0 aliphatic carbocycles. The quantitative estimate of drug-likeness (QED) is 0.787. The highest BCUT2D eigenvalue weighted by Crippen LogP contribution is 2.23. The van der Waals surface area contributed by atoms with Crippen LogP contribution in [0.4, 0.5) is 0 Å². The van der Waals surface area contributed by atoms with Gasteiger partial charge in [-0.05, 0) is 37.1 Å². The summed E-state index contributed by atoms with van der Waals surface area (Å²) < 4.78 is 6.57. The summed E-state index contributed by atoms with van der Waals surface area (Å²) in [6, 6.07) is 7.33. The Morgan fingerprint density at radius 1 is 1.24 bits per heavy atom. The summed E-state index contributed by atoms with van der Waals surface area (Å²) in [6.45, 7) is 2.12. The minimum absolute atomic E-state index is 0.509. The van der Waals surface area contributed by atoms with Crippen molar-refractivity contribution in [2.24, 2.45) is 0 Å². The second-order valence-corrected chi connectivity index (χ2v) is 6.80. The van der Waals surface area contributed by atoms with Gasteiger partial charge in [-0.3, -0.25) is 0 Å². The Balaban J connectivity index is 1.60. The minimum atomic E-state index is 0.509. The van der Waals surface area contributed by atoms with Gasteiger partial charge in [-0.1, -0.05) is 35.6 Å². The van der Waals surface area contributed by atoms with Crippen LogP contribution >= 0.6 is 35.6 Å². The molecule has 1 aromatic heterocycles. The molecule has 0 saturated carbocycles. The van der Waals surface area contributed by atoms with Crippen LogP contribution in [-0.4, -0.2) is 32.5 Å². The van der Waals surface area contributed by atoms with E-state index in [1.54, 1.807) is 23.9 Å². The Morgan fingerprint density at radius 3 is 2.67 bits per heavy atom. The van der Waals surface area contributed by atoms with Crippen LogP contribution < -0.4 is 0 Å². The van der Waals surface area contributed by atoms with Crippen LogP contribution in [0.2, 0.25) is 5.02 Å². The third-order valence-electron chi connectivity index (χ3n) is 3.24. The van der Waals surface area contributed by atoms with E-state index in [0.29, 0.717) is 22.6 Å². The number of nitrogens with zero attached hydrogens (tertiary/aromatic N) is 3. The zero-order valence-corrected chi connectivity index (χ0v) is 13.7. The van der Waals surface area contributed by atoms with Crippen molar-refractivity contribution >= 4 is 39.9 Å². The molecule has 0 N–H and O–H groups in total. The van der Waals surface area contributed by atoms with Crippen LogP contribution in [0.5, 0.6) is 0 Å². The maximum Gasteiger partial charge on any atom is 0.247 e. The number of halogens is 1. The van der Waals surface area contributed by atoms with Crippen molar-refractivity contribution in [2.75, 3.05) is 13.1 Å². The fourth-order valence-corrected chi connectivity index (χ4v) is 3.35. The van der Waals surface area contributed by atoms with Gasteiger partial charge in [0.25, 0.3) is 0 Å². The SMILES string of the molecule is S=C(SCc1nnc(-c2ccc(Cl)cc2)o1)N1CCCC1. The fraction of sp³-hybridized carbons (Fsp3) is 0.357. The predicted octanol–water partition coefficient (Wildman–Crippen LogP) is 4.00. The summed E-state index contributed by atoms with van der Waals surface area (Å²) in [4.78, 5) is 2.23. The Labute approximate surface area is 137 Å². The van der Waals surface area contributed by atoms with E-state index in [4.69, 9.17) is 28.2 Å². The second kappa shape index (κ2) is 6.77. The first-order valence-electron chi connectivity index (χ1n) is 6.72. The Morgan fingerprint density at radius 2 is 1.95 bits per heavy atom. The van der Waals surface area contributed by atoms with Gasteiger partial charge in [0, 0.05) is 23.7 Å². The van der Waals surface area contributed by atoms with E-state index in [9.17, 15) is 0 Å². The van der Waals surface area contributed by atoms with Gasteiger partial charge in [0.1, 0.15) is 4.32 Å². The molecule has 110 valence electrons. The molecule has 0 unspecified atom stereocenters. The topological polar surface area (TPSA) is 42.2 Å². The molecular formula is C14H14ClN3OS2. The molecule has 0 radical (unpaired) electrons. The van der Waals surface area contributed by atoms with Gasteiger partial charge in [0.2, 0.25) is 11.8 Å². The highest BCUT2D eigenvalue weighted by molar-refractivity contribution is 8.22. The minimum Gasteiger partial charge on any atom is -0.420 e. The lowest BCUT2D eigenvalue weighted by atomic mass is 10.2. The van der Waals surface area contributed by atoms with Crippen LogP contribution in [0.25, 0.3) is 11.5 Å². The first-order valence-corrected chi connectivity index (χ1v) is 8.49. The van der Waals surface area contributed by atoms with Gasteiger partial charge in [-0.15, -0.1) is 10.2 Å². The third-order valence-corrected chi connectivity index (χ3v) is 5.00. The van der Waals surface area contributed by atoms with Crippen LogP contribution in [-0.2, 0) is 5.75 Å². The van der Waals surface area contributed by atoms with E-state index < -0.39 is 0 Å². The monoisotopic (exact) mass is 339 g/mol. The molecule has 1 aliphatic rings. The summed E-state index contributed by atoms with van der Waals surface area (Å²) in [5.41, 5.74) is 0.866. The number of aromatic nitrogens is 2. The van der Waals surface area contributed by atoms with Crippen LogP contribution in [0.1, 0.15) is 18.7 Å². The van der Waals surface area contributed by atoms with Gasteiger partial charge in [-0.25, -0.2) is 0 Å². The van der Waals surface area contributed by atoms with Crippen LogP contribution in [0.15, 0.2) is 28.7 Å². The first-order chi connectivity index (χ1) is 10.2. The highest BCUT2D eigenvalue weighted by atomic mass is 35.5. The molecule has 1 fully saturated rings. The van der Waals surface area contributed by atoms with E-state index in [1.807, 2.05) is 12.1 Å². The highest BCUT2D eigenvalue weighted by Gasteiger charge is 2.16. The van der Waals surface area contributed by atoms with Crippen molar-refractivity contribution in [3.63, 3.8) is 0 Å². The lowest BCUT2D eigenvalue weighted by Gasteiger charge is -2.16. The Kier molecular flexibility index (Phi) is 4.77. The molecular weight excluding hydrogens is 326 g/mol. The number of benzene rings is 1. The molecule has 0 atom stereocenters. The van der Waals surface area contributed by atoms with Crippen molar-refractivity contribution in [3.05, 3.63) is 35.2 Å². The molecule has 1 aliphatic heterocycles. The van der Waals surface area contributed by atoms with Gasteiger partial charge in [0.15, 0.2) is 0 Å². The molecule has 0 amide bonds. The first kappa shape index (κ1) is 14.8. The van der Waals surface area contributed by atoms with Crippen molar-refractivity contribution in [3.8, 4) is 11.5 Å². The van der Waals surface area contributed by atoms with Crippen molar-refractivity contribution < 1.29 is 4.42 Å². The van der Waals surface area contributed by atoms with E-state index in [0.717, 1.165) is 23.0 Å². The molecule has 2 heterocycles. The number of hydrogen-bond donors (Lipinski definition) is 0. The third kappa shape index (κ3) is 3.75. The number of rotatable bonds is 3. The second-order valence-electron chi connectivity index (χ2n) is 4.76. The van der Waals surface area contributed by atoms with Crippen LogP contribution in [0.3, 0.4) is 0 Å². The van der Waals surface area contributed by atoms with E-state index in [1.165, 1.54) is 12.8 Å². The largest absolute Gasteiger partial charge is 0.420 e. The smallest absolute Gasteiger partial charge is 0.247 e. The molecule has 3 rings (SSSR count). The maximum absolute atomic E-state index is 5.86. The molecule has 1 aromatic carbocycles. The van der Waals surface area contributed by atoms with Gasteiger partial charge >= 0.3 is 0 Å². The van der Waals surface area contributed by atoms with Crippen LogP contribution in [0, 0.1) is 0 Å². The predicted molar refractivity (Wildman–Crippen MR) is 89.4 cm³/mol. The van der Waals surface area contributed by atoms with Gasteiger partial charge in [-0.2, -0.15) is 0 Å². The summed E-state index contributed by atoms with van der Waals surface area (Å²) in [5, 5.41) is 8.81. The molecule has 7 heteroatoms. The van der Waals surface area contributed by atoms with Crippen molar-refractivity contribution in [2.45, 2.75) is 18.6 Å². The van der Waals surface area contributed by atoms with E-state index in [2.05, 4.69) is 15.1 Å². The zero-order valence-electron chi connectivity index (χ0n) is 11.3. The number of hydrogen-bond acceptors (Lipinski definition) is 5. The van der Waals surface area contributed by atoms with Crippen molar-refractivity contribution in [1.29, 1.82) is 0 Å². The average molecular weight is 340 g/mol. The number of thioether (sulfide) groups is 1. The van der Waals surface area contributed by atoms with Gasteiger partial charge in [0.05, 0.1) is 5.75 Å². The summed E-state index contributed by atoms with van der Waals surface area (Å²) in [6.07, 6.45) is 2.45. The van der Waals surface area contributed by atoms with Gasteiger partial charge < -0.3 is 9.32 Å². The molecule has 4 nitrogen and oxygen atoms in total. The summed E-state index contributed by atoms with van der Waals surface area (Å²) in [5.74, 6) is 1.71. The maximum atomic E-state index is 5.86. The number of thiocarbonyl (C=S) groups is 1.